The van der Waals surface area contributed by atoms with Crippen LogP contribution < -0.4 is 10.6 Å². The largest absolute Gasteiger partial charge is 0.382 e. The second-order valence-corrected chi connectivity index (χ2v) is 6.07. The highest BCUT2D eigenvalue weighted by Gasteiger charge is 2.14. The summed E-state index contributed by atoms with van der Waals surface area (Å²) in [6.07, 6.45) is 7.83. The Hall–Kier alpha value is -1.63. The van der Waals surface area contributed by atoms with E-state index in [1.165, 1.54) is 25.1 Å². The van der Waals surface area contributed by atoms with Gasteiger partial charge in [-0.25, -0.2) is 0 Å². The number of nitrogens with zero attached hydrogens (tertiary/aromatic N) is 4. The summed E-state index contributed by atoms with van der Waals surface area (Å²) in [6.45, 7) is 6.42. The predicted molar refractivity (Wildman–Crippen MR) is 96.4 cm³/mol. The number of aryl methyl sites for hydroxylation is 2. The second-order valence-electron chi connectivity index (χ2n) is 6.07. The summed E-state index contributed by atoms with van der Waals surface area (Å²) in [4.78, 5) is 4.24. The lowest BCUT2D eigenvalue weighted by Gasteiger charge is -2.12. The number of fused-ring (bicyclic) bond motifs is 1. The van der Waals surface area contributed by atoms with E-state index >= 15 is 0 Å². The first-order valence-corrected chi connectivity index (χ1v) is 9.28. The fraction of sp³-hybridized carbons (Fsp3) is 0.824. The summed E-state index contributed by atoms with van der Waals surface area (Å²) >= 11 is 0. The molecule has 1 aromatic rings. The Balaban J connectivity index is 1.64. The first-order chi connectivity index (χ1) is 11.8. The molecule has 7 nitrogen and oxygen atoms in total. The van der Waals surface area contributed by atoms with Gasteiger partial charge in [0.25, 0.3) is 0 Å². The monoisotopic (exact) mass is 336 g/mol. The third-order valence-electron chi connectivity index (χ3n) is 4.24. The molecule has 0 saturated heterocycles. The van der Waals surface area contributed by atoms with Crippen LogP contribution in [0.3, 0.4) is 0 Å². The average Bonchev–Trinajstić information content (AvgIpc) is 2.83. The summed E-state index contributed by atoms with van der Waals surface area (Å²) in [5.74, 6) is 3.15. The molecule has 24 heavy (non-hydrogen) atoms. The molecule has 0 radical (unpaired) electrons. The molecular formula is C17H32N6O. The molecule has 1 aliphatic rings. The van der Waals surface area contributed by atoms with Gasteiger partial charge in [-0.1, -0.05) is 6.42 Å². The fourth-order valence-corrected chi connectivity index (χ4v) is 2.93. The number of aromatic nitrogens is 3. The van der Waals surface area contributed by atoms with Gasteiger partial charge >= 0.3 is 0 Å². The number of rotatable bonds is 9. The lowest BCUT2D eigenvalue weighted by molar-refractivity contribution is 0.145. The van der Waals surface area contributed by atoms with Gasteiger partial charge < -0.3 is 19.9 Å². The maximum absolute atomic E-state index is 5.33. The molecule has 1 aliphatic heterocycles. The molecular weight excluding hydrogens is 304 g/mol. The summed E-state index contributed by atoms with van der Waals surface area (Å²) in [5.41, 5.74) is 0. The number of guanidine groups is 1. The molecule has 0 saturated carbocycles. The Morgan fingerprint density at radius 2 is 2.00 bits per heavy atom. The molecule has 0 atom stereocenters. The predicted octanol–water partition coefficient (Wildman–Crippen LogP) is 1.53. The van der Waals surface area contributed by atoms with Crippen LogP contribution in [0.2, 0.25) is 0 Å². The summed E-state index contributed by atoms with van der Waals surface area (Å²) < 4.78 is 7.65. The topological polar surface area (TPSA) is 76.4 Å². The van der Waals surface area contributed by atoms with Crippen molar-refractivity contribution in [3.05, 3.63) is 11.6 Å². The molecule has 0 amide bonds. The molecule has 0 aromatic carbocycles. The van der Waals surface area contributed by atoms with E-state index in [-0.39, 0.29) is 0 Å². The summed E-state index contributed by atoms with van der Waals surface area (Å²) in [7, 11) is 1.80. The van der Waals surface area contributed by atoms with E-state index in [0.717, 1.165) is 70.3 Å². The normalized spacial score (nSPS) is 15.0. The van der Waals surface area contributed by atoms with Gasteiger partial charge in [-0.2, -0.15) is 0 Å². The molecule has 0 spiro atoms. The molecule has 0 unspecified atom stereocenters. The quantitative estimate of drug-likeness (QED) is 0.406. The highest BCUT2D eigenvalue weighted by atomic mass is 16.5. The lowest BCUT2D eigenvalue weighted by atomic mass is 10.2. The Labute approximate surface area is 145 Å². The van der Waals surface area contributed by atoms with Crippen LogP contribution in [-0.2, 0) is 24.1 Å². The summed E-state index contributed by atoms with van der Waals surface area (Å²) in [5, 5.41) is 15.4. The van der Waals surface area contributed by atoms with Crippen molar-refractivity contribution in [3.8, 4) is 0 Å². The van der Waals surface area contributed by atoms with Crippen molar-refractivity contribution in [2.75, 3.05) is 33.4 Å². The van der Waals surface area contributed by atoms with Gasteiger partial charge in [0.15, 0.2) is 5.96 Å². The number of hydrogen-bond donors (Lipinski definition) is 2. The van der Waals surface area contributed by atoms with E-state index in [0.29, 0.717) is 0 Å². The third kappa shape index (κ3) is 6.11. The van der Waals surface area contributed by atoms with Crippen LogP contribution in [0.1, 0.15) is 50.7 Å². The lowest BCUT2D eigenvalue weighted by Crippen LogP contribution is -2.38. The van der Waals surface area contributed by atoms with Crippen LogP contribution in [0.15, 0.2) is 4.99 Å². The number of ether oxygens (including phenoxy) is 1. The van der Waals surface area contributed by atoms with Crippen molar-refractivity contribution in [1.82, 2.24) is 25.4 Å². The van der Waals surface area contributed by atoms with Crippen LogP contribution in [0.5, 0.6) is 0 Å². The first kappa shape index (κ1) is 18.7. The Bertz CT molecular complexity index is 499. The Morgan fingerprint density at radius 1 is 1.17 bits per heavy atom. The van der Waals surface area contributed by atoms with E-state index in [4.69, 9.17) is 4.74 Å². The second kappa shape index (κ2) is 11.0. The van der Waals surface area contributed by atoms with Gasteiger partial charge in [-0.15, -0.1) is 10.2 Å². The van der Waals surface area contributed by atoms with Crippen molar-refractivity contribution in [2.24, 2.45) is 4.99 Å². The SMILES string of the molecule is CCOCCCNC(=NC)NCCCc1nnc2n1CCCCC2. The molecule has 2 rings (SSSR count). The molecule has 0 fully saturated rings. The minimum Gasteiger partial charge on any atom is -0.382 e. The van der Waals surface area contributed by atoms with Crippen LogP contribution in [0.25, 0.3) is 0 Å². The van der Waals surface area contributed by atoms with Crippen molar-refractivity contribution >= 4 is 5.96 Å². The van der Waals surface area contributed by atoms with E-state index in [1.807, 2.05) is 6.92 Å². The maximum atomic E-state index is 5.33. The van der Waals surface area contributed by atoms with Crippen LogP contribution in [0, 0.1) is 0 Å². The zero-order chi connectivity index (χ0) is 17.0. The molecule has 0 aliphatic carbocycles. The average molecular weight is 336 g/mol. The molecule has 2 N–H and O–H groups in total. The van der Waals surface area contributed by atoms with Gasteiger partial charge in [-0.05, 0) is 32.6 Å². The van der Waals surface area contributed by atoms with Crippen LogP contribution in [-0.4, -0.2) is 54.1 Å². The minimum absolute atomic E-state index is 0.777. The Morgan fingerprint density at radius 3 is 2.79 bits per heavy atom. The van der Waals surface area contributed by atoms with E-state index in [9.17, 15) is 0 Å². The standard InChI is InChI=1S/C17H32N6O/c1-3-24-14-8-12-20-17(18-2)19-11-7-10-16-22-21-15-9-5-4-6-13-23(15)16/h3-14H2,1-2H3,(H2,18,19,20). The van der Waals surface area contributed by atoms with Crippen molar-refractivity contribution in [1.29, 1.82) is 0 Å². The van der Waals surface area contributed by atoms with E-state index < -0.39 is 0 Å². The zero-order valence-electron chi connectivity index (χ0n) is 15.2. The maximum Gasteiger partial charge on any atom is 0.190 e. The molecule has 7 heteroatoms. The van der Waals surface area contributed by atoms with Gasteiger partial charge in [-0.3, -0.25) is 4.99 Å². The highest BCUT2D eigenvalue weighted by Crippen LogP contribution is 2.15. The van der Waals surface area contributed by atoms with Gasteiger partial charge in [0, 0.05) is 52.7 Å². The van der Waals surface area contributed by atoms with Gasteiger partial charge in [0.2, 0.25) is 0 Å². The zero-order valence-corrected chi connectivity index (χ0v) is 15.2. The smallest absolute Gasteiger partial charge is 0.190 e. The number of aliphatic imine (C=N–C) groups is 1. The van der Waals surface area contributed by atoms with E-state index in [2.05, 4.69) is 30.4 Å². The molecule has 1 aromatic heterocycles. The fourth-order valence-electron chi connectivity index (χ4n) is 2.93. The summed E-state index contributed by atoms with van der Waals surface area (Å²) in [6, 6.07) is 0. The number of hydrogen-bond acceptors (Lipinski definition) is 4. The van der Waals surface area contributed by atoms with Crippen molar-refractivity contribution < 1.29 is 4.74 Å². The van der Waals surface area contributed by atoms with Crippen molar-refractivity contribution in [2.45, 2.75) is 58.4 Å². The Kier molecular flexibility index (Phi) is 8.59. The minimum atomic E-state index is 0.777. The molecule has 2 heterocycles. The van der Waals surface area contributed by atoms with Gasteiger partial charge in [0.05, 0.1) is 0 Å². The van der Waals surface area contributed by atoms with E-state index in [1.54, 1.807) is 7.05 Å². The van der Waals surface area contributed by atoms with Crippen LogP contribution >= 0.6 is 0 Å². The highest BCUT2D eigenvalue weighted by molar-refractivity contribution is 5.79. The van der Waals surface area contributed by atoms with Gasteiger partial charge in [0.1, 0.15) is 11.6 Å². The van der Waals surface area contributed by atoms with Crippen molar-refractivity contribution in [3.63, 3.8) is 0 Å². The third-order valence-corrected chi connectivity index (χ3v) is 4.24. The van der Waals surface area contributed by atoms with Crippen LogP contribution in [0.4, 0.5) is 0 Å². The molecule has 0 bridgehead atoms. The first-order valence-electron chi connectivity index (χ1n) is 9.28. The molecule has 136 valence electrons. The number of nitrogens with one attached hydrogen (secondary N) is 2.